The van der Waals surface area contributed by atoms with Crippen molar-refractivity contribution in [2.75, 3.05) is 0 Å². The van der Waals surface area contributed by atoms with E-state index in [1.54, 1.807) is 18.2 Å². The number of fused-ring (bicyclic) bond motifs is 1. The van der Waals surface area contributed by atoms with Gasteiger partial charge in [0.2, 0.25) is 0 Å². The van der Waals surface area contributed by atoms with Gasteiger partial charge in [-0.05, 0) is 23.8 Å². The highest BCUT2D eigenvalue weighted by Crippen LogP contribution is 2.27. The van der Waals surface area contributed by atoms with Crippen LogP contribution in [0.15, 0.2) is 48.7 Å². The van der Waals surface area contributed by atoms with E-state index in [4.69, 9.17) is 4.74 Å². The molecule has 106 valence electrons. The second-order valence-corrected chi connectivity index (χ2v) is 4.58. The summed E-state index contributed by atoms with van der Waals surface area (Å²) >= 11 is 0. The fourth-order valence-corrected chi connectivity index (χ4v) is 2.09. The van der Waals surface area contributed by atoms with Crippen molar-refractivity contribution in [2.45, 2.75) is 12.5 Å². The first kappa shape index (κ1) is 13.1. The number of nitrogens with zero attached hydrogens (tertiary/aromatic N) is 1. The molecule has 1 aliphatic rings. The highest BCUT2D eigenvalue weighted by Gasteiger charge is 2.29. The monoisotopic (exact) mass is 283 g/mol. The number of benzene rings is 1. The molecule has 3 rings (SSSR count). The van der Waals surface area contributed by atoms with Gasteiger partial charge in [0.25, 0.3) is 11.8 Å². The number of hydrogen-bond acceptors (Lipinski definition) is 4. The smallest absolute Gasteiger partial charge is 0.288 e. The molecule has 1 aliphatic heterocycles. The fourth-order valence-electron chi connectivity index (χ4n) is 2.09. The molecule has 6 nitrogen and oxygen atoms in total. The van der Waals surface area contributed by atoms with E-state index in [-0.39, 0.29) is 5.69 Å². The van der Waals surface area contributed by atoms with E-state index >= 15 is 0 Å². The van der Waals surface area contributed by atoms with Gasteiger partial charge in [0, 0.05) is 12.6 Å². The summed E-state index contributed by atoms with van der Waals surface area (Å²) < 4.78 is 5.53. The number of carbonyl (C=O) groups excluding carboxylic acids is 2. The first-order valence-electron chi connectivity index (χ1n) is 6.50. The van der Waals surface area contributed by atoms with Crippen LogP contribution in [0, 0.1) is 0 Å². The van der Waals surface area contributed by atoms with Gasteiger partial charge in [0.05, 0.1) is 0 Å². The molecule has 0 saturated carbocycles. The SMILES string of the molecule is O=C(NNC(=O)[C@@H]1Cc2ccccc2O1)c1ccccn1. The summed E-state index contributed by atoms with van der Waals surface area (Å²) in [5.41, 5.74) is 5.89. The van der Waals surface area contributed by atoms with Crippen molar-refractivity contribution in [3.8, 4) is 5.75 Å². The van der Waals surface area contributed by atoms with E-state index in [1.807, 2.05) is 24.3 Å². The average Bonchev–Trinajstić information content (AvgIpc) is 2.97. The number of rotatable bonds is 2. The Morgan fingerprint density at radius 3 is 2.67 bits per heavy atom. The van der Waals surface area contributed by atoms with Crippen LogP contribution >= 0.6 is 0 Å². The molecule has 21 heavy (non-hydrogen) atoms. The predicted molar refractivity (Wildman–Crippen MR) is 74.4 cm³/mol. The third-order valence-electron chi connectivity index (χ3n) is 3.14. The summed E-state index contributed by atoms with van der Waals surface area (Å²) in [5.74, 6) is -0.163. The molecule has 0 fully saturated rings. The number of carbonyl (C=O) groups is 2. The van der Waals surface area contributed by atoms with Crippen LogP contribution in [-0.2, 0) is 11.2 Å². The number of pyridine rings is 1. The Labute approximate surface area is 121 Å². The number of hydrazine groups is 1. The van der Waals surface area contributed by atoms with Crippen molar-refractivity contribution < 1.29 is 14.3 Å². The lowest BCUT2D eigenvalue weighted by Gasteiger charge is -2.11. The lowest BCUT2D eigenvalue weighted by atomic mass is 10.1. The average molecular weight is 283 g/mol. The molecule has 0 radical (unpaired) electrons. The Bertz CT molecular complexity index is 648. The van der Waals surface area contributed by atoms with Gasteiger partial charge in [0.15, 0.2) is 6.10 Å². The minimum Gasteiger partial charge on any atom is -0.480 e. The van der Waals surface area contributed by atoms with E-state index in [9.17, 15) is 9.59 Å². The number of ether oxygens (including phenoxy) is 1. The third kappa shape index (κ3) is 2.84. The first-order chi connectivity index (χ1) is 10.2. The number of para-hydroxylation sites is 1. The van der Waals surface area contributed by atoms with Crippen molar-refractivity contribution in [3.63, 3.8) is 0 Å². The Morgan fingerprint density at radius 1 is 1.10 bits per heavy atom. The molecule has 1 atom stereocenters. The molecule has 0 unspecified atom stereocenters. The predicted octanol–water partition coefficient (Wildman–Crippen LogP) is 0.846. The van der Waals surface area contributed by atoms with E-state index in [1.165, 1.54) is 6.20 Å². The molecule has 2 amide bonds. The molecule has 2 N–H and O–H groups in total. The van der Waals surface area contributed by atoms with Gasteiger partial charge in [-0.25, -0.2) is 0 Å². The quantitative estimate of drug-likeness (QED) is 0.801. The second kappa shape index (κ2) is 5.62. The van der Waals surface area contributed by atoms with Crippen molar-refractivity contribution in [3.05, 3.63) is 59.9 Å². The summed E-state index contributed by atoms with van der Waals surface area (Å²) in [6, 6.07) is 12.4. The summed E-state index contributed by atoms with van der Waals surface area (Å²) in [7, 11) is 0. The summed E-state index contributed by atoms with van der Waals surface area (Å²) in [6.07, 6.45) is 1.36. The normalized spacial score (nSPS) is 15.7. The van der Waals surface area contributed by atoms with Gasteiger partial charge in [-0.15, -0.1) is 0 Å². The van der Waals surface area contributed by atoms with Gasteiger partial charge in [-0.2, -0.15) is 0 Å². The number of nitrogens with one attached hydrogen (secondary N) is 2. The molecule has 0 bridgehead atoms. The van der Waals surface area contributed by atoms with Crippen LogP contribution in [0.1, 0.15) is 16.1 Å². The van der Waals surface area contributed by atoms with E-state index in [0.29, 0.717) is 12.2 Å². The summed E-state index contributed by atoms with van der Waals surface area (Å²) in [4.78, 5) is 27.6. The summed E-state index contributed by atoms with van der Waals surface area (Å²) in [6.45, 7) is 0. The maximum Gasteiger partial charge on any atom is 0.288 e. The van der Waals surface area contributed by atoms with Gasteiger partial charge < -0.3 is 4.74 Å². The van der Waals surface area contributed by atoms with Crippen molar-refractivity contribution in [2.24, 2.45) is 0 Å². The standard InChI is InChI=1S/C15H13N3O3/c19-14(11-6-3-4-8-16-11)17-18-15(20)13-9-10-5-1-2-7-12(10)21-13/h1-8,13H,9H2,(H,17,19)(H,18,20)/t13-/m0/s1. The lowest BCUT2D eigenvalue weighted by Crippen LogP contribution is -2.47. The molecule has 1 aromatic heterocycles. The van der Waals surface area contributed by atoms with Gasteiger partial charge in [-0.1, -0.05) is 24.3 Å². The minimum absolute atomic E-state index is 0.230. The van der Waals surface area contributed by atoms with Crippen LogP contribution in [0.2, 0.25) is 0 Å². The molecule has 2 aromatic rings. The van der Waals surface area contributed by atoms with Crippen LogP contribution in [0.4, 0.5) is 0 Å². The molecular formula is C15H13N3O3. The third-order valence-corrected chi connectivity index (χ3v) is 3.14. The van der Waals surface area contributed by atoms with Crippen LogP contribution in [0.25, 0.3) is 0 Å². The Hall–Kier alpha value is -2.89. The fraction of sp³-hybridized carbons (Fsp3) is 0.133. The van der Waals surface area contributed by atoms with Crippen LogP contribution < -0.4 is 15.6 Å². The lowest BCUT2D eigenvalue weighted by molar-refractivity contribution is -0.128. The molecule has 6 heteroatoms. The molecule has 0 saturated heterocycles. The molecule has 0 aliphatic carbocycles. The van der Waals surface area contributed by atoms with Gasteiger partial charge >= 0.3 is 0 Å². The number of aromatic nitrogens is 1. The molecule has 1 aromatic carbocycles. The largest absolute Gasteiger partial charge is 0.480 e. The zero-order valence-corrected chi connectivity index (χ0v) is 11.1. The maximum atomic E-state index is 12.0. The highest BCUT2D eigenvalue weighted by molar-refractivity contribution is 5.94. The Kier molecular flexibility index (Phi) is 3.51. The Morgan fingerprint density at radius 2 is 1.90 bits per heavy atom. The second-order valence-electron chi connectivity index (χ2n) is 4.58. The molecule has 0 spiro atoms. The van der Waals surface area contributed by atoms with E-state index < -0.39 is 17.9 Å². The first-order valence-corrected chi connectivity index (χ1v) is 6.50. The van der Waals surface area contributed by atoms with Crippen LogP contribution in [0.3, 0.4) is 0 Å². The zero-order chi connectivity index (χ0) is 14.7. The van der Waals surface area contributed by atoms with Crippen molar-refractivity contribution in [1.29, 1.82) is 0 Å². The van der Waals surface area contributed by atoms with E-state index in [0.717, 1.165) is 5.56 Å². The zero-order valence-electron chi connectivity index (χ0n) is 11.1. The van der Waals surface area contributed by atoms with Crippen molar-refractivity contribution >= 4 is 11.8 Å². The number of amides is 2. The number of hydrogen-bond donors (Lipinski definition) is 2. The van der Waals surface area contributed by atoms with Gasteiger partial charge in [-0.3, -0.25) is 25.4 Å². The van der Waals surface area contributed by atoms with Crippen LogP contribution in [-0.4, -0.2) is 22.9 Å². The summed E-state index contributed by atoms with van der Waals surface area (Å²) in [5, 5.41) is 0. The maximum absolute atomic E-state index is 12.0. The Balaban J connectivity index is 1.55. The van der Waals surface area contributed by atoms with Crippen LogP contribution in [0.5, 0.6) is 5.75 Å². The highest BCUT2D eigenvalue weighted by atomic mass is 16.5. The van der Waals surface area contributed by atoms with Gasteiger partial charge in [0.1, 0.15) is 11.4 Å². The van der Waals surface area contributed by atoms with Crippen molar-refractivity contribution in [1.82, 2.24) is 15.8 Å². The molecule has 2 heterocycles. The minimum atomic E-state index is -0.633. The molecular weight excluding hydrogens is 270 g/mol. The topological polar surface area (TPSA) is 80.3 Å². The van der Waals surface area contributed by atoms with E-state index in [2.05, 4.69) is 15.8 Å².